The van der Waals surface area contributed by atoms with E-state index >= 15 is 0 Å². The molecule has 4 aromatic carbocycles. The van der Waals surface area contributed by atoms with Crippen LogP contribution in [0, 0.1) is 23.3 Å². The van der Waals surface area contributed by atoms with Gasteiger partial charge in [0.05, 0.1) is 86.5 Å². The van der Waals surface area contributed by atoms with Crippen LogP contribution in [0.3, 0.4) is 0 Å². The molecule has 0 fully saturated rings. The van der Waals surface area contributed by atoms with Gasteiger partial charge in [-0.2, -0.15) is 9.50 Å². The van der Waals surface area contributed by atoms with Gasteiger partial charge in [-0.1, -0.05) is 32.1 Å². The highest BCUT2D eigenvalue weighted by Gasteiger charge is 2.40. The van der Waals surface area contributed by atoms with Gasteiger partial charge in [0.15, 0.2) is 57.4 Å². The Labute approximate surface area is 645 Å². The maximum Gasteiger partial charge on any atom is 0.343 e. The number of ketones is 1. The van der Waals surface area contributed by atoms with Crippen LogP contribution in [0.25, 0.3) is 47.4 Å². The highest BCUT2D eigenvalue weighted by atomic mass is 35.5. The fourth-order valence-electron chi connectivity index (χ4n) is 9.34. The minimum Gasteiger partial charge on any atom is -0.485 e. The van der Waals surface area contributed by atoms with Crippen molar-refractivity contribution in [2.24, 2.45) is 35.7 Å². The van der Waals surface area contributed by atoms with Crippen LogP contribution in [0.1, 0.15) is 174 Å². The van der Waals surface area contributed by atoms with E-state index in [1.54, 1.807) is 88.4 Å². The number of hydrogen-bond donors (Lipinski definition) is 3. The highest BCUT2D eigenvalue weighted by molar-refractivity contribution is 7.85. The first-order valence-electron chi connectivity index (χ1n) is 33.6. The minimum atomic E-state index is -1.50. The van der Waals surface area contributed by atoms with Crippen LogP contribution < -0.4 is 53.5 Å². The summed E-state index contributed by atoms with van der Waals surface area (Å²) in [6.45, 7) is 32.8. The van der Waals surface area contributed by atoms with E-state index in [1.165, 1.54) is 54.0 Å². The number of ether oxygens (including phenoxy) is 9. The number of azide groups is 4. The van der Waals surface area contributed by atoms with Gasteiger partial charge in [0.2, 0.25) is 0 Å². The number of hydrogen-bond acceptors (Lipinski definition) is 21. The second-order valence-electron chi connectivity index (χ2n) is 28.9. The number of esters is 1. The Bertz CT molecular complexity index is 4660. The van der Waals surface area contributed by atoms with Crippen LogP contribution in [-0.2, 0) is 37.7 Å². The molecular formula is C69H90ClF4N19O14S3. The van der Waals surface area contributed by atoms with Crippen molar-refractivity contribution < 1.29 is 82.4 Å². The molecule has 0 amide bonds. The molecule has 4 aliphatic rings. The van der Waals surface area contributed by atoms with E-state index < -0.39 is 106 Å². The normalized spacial score (nSPS) is 19.8. The molecule has 10 rings (SSSR count). The number of nitrogens with zero attached hydrogens (tertiary/aromatic N) is 16. The molecule has 41 heteroatoms. The molecule has 6 aromatic rings. The fourth-order valence-corrected chi connectivity index (χ4v) is 10.9. The first-order chi connectivity index (χ1) is 51.2. The van der Waals surface area contributed by atoms with Crippen molar-refractivity contribution in [3.63, 3.8) is 0 Å². The van der Waals surface area contributed by atoms with Crippen molar-refractivity contribution in [3.8, 4) is 46.0 Å². The topological polar surface area (TPSA) is 470 Å². The van der Waals surface area contributed by atoms with Crippen molar-refractivity contribution in [1.29, 1.82) is 0 Å². The smallest absolute Gasteiger partial charge is 0.343 e. The summed E-state index contributed by atoms with van der Waals surface area (Å²) < 4.78 is 148. The monoisotopic (exact) mass is 1620 g/mol. The van der Waals surface area contributed by atoms with Crippen LogP contribution in [-0.4, -0.2) is 141 Å². The summed E-state index contributed by atoms with van der Waals surface area (Å²) in [5.41, 5.74) is 38.8. The average Bonchev–Trinajstić information content (AvgIpc) is 1.54. The van der Waals surface area contributed by atoms with Crippen molar-refractivity contribution >= 4 is 67.7 Å². The Morgan fingerprint density at radius 1 is 0.618 bits per heavy atom. The minimum absolute atomic E-state index is 0.0532. The Kier molecular flexibility index (Phi) is 32.0. The van der Waals surface area contributed by atoms with Crippen molar-refractivity contribution in [2.45, 2.75) is 173 Å². The summed E-state index contributed by atoms with van der Waals surface area (Å²) in [5, 5.41) is 23.3. The number of benzene rings is 4. The van der Waals surface area contributed by atoms with Gasteiger partial charge in [-0.15, -0.1) is 0 Å². The Morgan fingerprint density at radius 3 is 1.36 bits per heavy atom. The van der Waals surface area contributed by atoms with Gasteiger partial charge >= 0.3 is 5.97 Å². The Balaban J connectivity index is 0.000000243. The zero-order valence-corrected chi connectivity index (χ0v) is 67.2. The predicted octanol–water partition coefficient (Wildman–Crippen LogP) is 15.2. The number of Topliss-reactive ketones (excluding diaryl/α,β-unsaturated/α-hetero) is 1. The van der Waals surface area contributed by atoms with E-state index in [0.717, 1.165) is 12.1 Å². The van der Waals surface area contributed by atoms with Crippen LogP contribution in [0.5, 0.6) is 46.0 Å². The lowest BCUT2D eigenvalue weighted by Gasteiger charge is -2.36. The molecule has 110 heavy (non-hydrogen) atoms. The summed E-state index contributed by atoms with van der Waals surface area (Å²) in [7, 11) is -4.01. The van der Waals surface area contributed by atoms with Gasteiger partial charge in [-0.3, -0.25) is 9.93 Å². The van der Waals surface area contributed by atoms with Gasteiger partial charge in [-0.05, 0) is 177 Å². The molecule has 4 aliphatic heterocycles. The molecule has 4 unspecified atom stereocenters. The number of rotatable bonds is 17. The molecule has 0 saturated heterocycles. The van der Waals surface area contributed by atoms with Crippen molar-refractivity contribution in [3.05, 3.63) is 165 Å². The molecule has 2 aromatic heterocycles. The van der Waals surface area contributed by atoms with Gasteiger partial charge in [0.1, 0.15) is 93.8 Å². The summed E-state index contributed by atoms with van der Waals surface area (Å²) in [4.78, 5) is 37.8. The number of nitrogens with two attached hydrogens (primary N) is 2. The van der Waals surface area contributed by atoms with Crippen LogP contribution in [0.15, 0.2) is 91.8 Å². The van der Waals surface area contributed by atoms with E-state index in [9.17, 15) is 39.8 Å². The molecule has 0 aliphatic carbocycles. The first kappa shape index (κ1) is 90.9. The van der Waals surface area contributed by atoms with Crippen LogP contribution >= 0.6 is 11.6 Å². The molecule has 0 bridgehead atoms. The quantitative estimate of drug-likeness (QED) is 0.0112. The number of carbonyl (C=O) groups excluding carboxylic acids is 2. The van der Waals surface area contributed by atoms with E-state index in [0.29, 0.717) is 68.4 Å². The summed E-state index contributed by atoms with van der Waals surface area (Å²) in [5.74, 6) is -0.423. The largest absolute Gasteiger partial charge is 0.485 e. The third-order valence-corrected chi connectivity index (χ3v) is 19.9. The van der Waals surface area contributed by atoms with E-state index in [1.807, 2.05) is 41.5 Å². The second-order valence-corrected chi connectivity index (χ2v) is 35.0. The molecule has 598 valence electrons. The maximum absolute atomic E-state index is 14.0. The standard InChI is InChI=1S/C16H23FN4O3S.C16H21FN4O3S.C12H15FN4O2.C12H12FN3O3.C9H8ClN3O2.C4H11NOS/c2*1-10(20-25(22)15(2,3)4)12-6-11(17)7-13-14(12)24-16(5,9-23-13)8-19-21-18;1-7(14)9-3-8(13)4-10-11(9)19-12(2,6-18-10)5-16-17-15;1-7(17)9-3-8(13)4-10-11(9)19-12(2,6-18-10)5-15-16-14;1-2-15-9(14)6-5-11-13-4-3-7(10)12-8(6)13;1-4(2,3)7(5)6/h6-7,10,20H,8-9H2,1-5H3;6-7H,8-9H2,1-5H3;3-4,7H,5-6,14H2,1-2H3;3-4H,5-6H2,1-2H3;3-5H,2H2,1H3;5H2,1-3H3/t10-,16?,25-;16?,25-;7-,12?;;;7-/m111..1/s1. The van der Waals surface area contributed by atoms with Crippen LogP contribution in [0.4, 0.5) is 17.6 Å². The SMILES string of the molecule is CC(=N[S@](=O)C(C)(C)C)c1cc(F)cc2c1OC(C)(CN=[N+]=[N-])CO2.CC(=O)c1cc(F)cc2c1OC(C)(CN=[N+]=[N-])CO2.CC(C)(C)[S@](N)=O.CCOC(=O)c1cnn2ccc(Cl)nc12.C[C@@H](N)c1cc(F)cc2c1OC(C)(CN=[N+]=[N-])CO2.C[C@@H](N[S@](=O)C(C)(C)C)c1cc(F)cc2c1OC(C)(CN=[N+]=[N-])CO2. The lowest BCUT2D eigenvalue weighted by Crippen LogP contribution is -2.45. The van der Waals surface area contributed by atoms with E-state index in [4.69, 9.17) is 87.2 Å². The van der Waals surface area contributed by atoms with E-state index in [-0.39, 0.29) is 91.7 Å². The molecule has 0 radical (unpaired) electrons. The van der Waals surface area contributed by atoms with Gasteiger partial charge < -0.3 is 48.4 Å². The lowest BCUT2D eigenvalue weighted by atomic mass is 10.0. The maximum atomic E-state index is 14.0. The molecule has 33 nitrogen and oxygen atoms in total. The summed E-state index contributed by atoms with van der Waals surface area (Å²) >= 11 is 5.72. The zero-order valence-electron chi connectivity index (χ0n) is 64.0. The third-order valence-electron chi connectivity index (χ3n) is 15.3. The number of fused-ring (bicyclic) bond motifs is 5. The lowest BCUT2D eigenvalue weighted by molar-refractivity contribution is 0.0117. The van der Waals surface area contributed by atoms with E-state index in [2.05, 4.69) is 59.3 Å². The summed E-state index contributed by atoms with van der Waals surface area (Å²) in [6, 6.07) is 10.7. The van der Waals surface area contributed by atoms with Gasteiger partial charge in [-0.25, -0.2) is 49.2 Å². The first-order valence-corrected chi connectivity index (χ1v) is 37.4. The molecular weight excluding hydrogens is 1530 g/mol. The Morgan fingerprint density at radius 2 is 0.991 bits per heavy atom. The number of carbonyl (C=O) groups is 2. The average molecular weight is 1620 g/mol. The molecule has 0 saturated carbocycles. The predicted molar refractivity (Wildman–Crippen MR) is 408 cm³/mol. The second kappa shape index (κ2) is 38.8. The fraction of sp³-hybridized carbons (Fsp3) is 0.522. The number of nitrogens with one attached hydrogen (secondary N) is 1. The number of halogens is 5. The molecule has 6 heterocycles. The van der Waals surface area contributed by atoms with Crippen LogP contribution in [0.2, 0.25) is 5.15 Å². The van der Waals surface area contributed by atoms with Crippen molar-refractivity contribution in [2.75, 3.05) is 59.2 Å². The van der Waals surface area contributed by atoms with Gasteiger partial charge in [0, 0.05) is 78.9 Å². The van der Waals surface area contributed by atoms with Gasteiger partial charge in [0.25, 0.3) is 0 Å². The molecule has 9 atom stereocenters. The summed E-state index contributed by atoms with van der Waals surface area (Å²) in [6.07, 6.45) is 3.05. The highest BCUT2D eigenvalue weighted by Crippen LogP contribution is 2.45. The van der Waals surface area contributed by atoms with Crippen molar-refractivity contribution in [1.82, 2.24) is 19.3 Å². The number of aromatic nitrogens is 3. The Hall–Kier alpha value is -9.71. The third kappa shape index (κ3) is 26.0. The molecule has 5 N–H and O–H groups in total. The molecule has 0 spiro atoms. The zero-order chi connectivity index (χ0) is 82.7.